The standard InChI is InChI=1S/C15H20Cl3N/c1-9(11-5-3-4-6-11)19-10(2)12-7-8-13(16)15(18)14(12)17/h7-11,19H,3-6H2,1-2H3/t9-,10?/m1/s1. The molecule has 0 amide bonds. The van der Waals surface area contributed by atoms with Crippen LogP contribution in [0.4, 0.5) is 0 Å². The molecule has 1 nitrogen and oxygen atoms in total. The summed E-state index contributed by atoms with van der Waals surface area (Å²) in [5.74, 6) is 0.781. The first kappa shape index (κ1) is 15.4. The van der Waals surface area contributed by atoms with Crippen molar-refractivity contribution in [1.29, 1.82) is 0 Å². The van der Waals surface area contributed by atoms with Gasteiger partial charge in [0.05, 0.1) is 15.1 Å². The Kier molecular flexibility index (Phi) is 5.42. The van der Waals surface area contributed by atoms with E-state index in [-0.39, 0.29) is 6.04 Å². The molecule has 4 heteroatoms. The van der Waals surface area contributed by atoms with Gasteiger partial charge in [0.1, 0.15) is 0 Å². The van der Waals surface area contributed by atoms with Gasteiger partial charge in [-0.3, -0.25) is 0 Å². The maximum atomic E-state index is 6.28. The third-order valence-corrected chi connectivity index (χ3v) is 5.46. The molecule has 0 aliphatic heterocycles. The lowest BCUT2D eigenvalue weighted by Crippen LogP contribution is -2.34. The van der Waals surface area contributed by atoms with E-state index in [0.29, 0.717) is 21.1 Å². The van der Waals surface area contributed by atoms with Crippen molar-refractivity contribution in [3.05, 3.63) is 32.8 Å². The Morgan fingerprint density at radius 3 is 2.32 bits per heavy atom. The molecule has 1 aliphatic carbocycles. The molecular weight excluding hydrogens is 301 g/mol. The lowest BCUT2D eigenvalue weighted by Gasteiger charge is -2.26. The number of rotatable bonds is 4. The summed E-state index contributed by atoms with van der Waals surface area (Å²) in [6, 6.07) is 4.44. The molecule has 0 bridgehead atoms. The van der Waals surface area contributed by atoms with Crippen LogP contribution in [0.1, 0.15) is 51.1 Å². The van der Waals surface area contributed by atoms with Gasteiger partial charge in [0.25, 0.3) is 0 Å². The minimum Gasteiger partial charge on any atom is -0.307 e. The van der Waals surface area contributed by atoms with Crippen LogP contribution in [-0.2, 0) is 0 Å². The summed E-state index contributed by atoms with van der Waals surface area (Å²) in [6.45, 7) is 4.38. The van der Waals surface area contributed by atoms with Crippen molar-refractivity contribution >= 4 is 34.8 Å². The SMILES string of the molecule is CC(N[C@H](C)C1CCCC1)c1ccc(Cl)c(Cl)c1Cl. The predicted molar refractivity (Wildman–Crippen MR) is 84.4 cm³/mol. The van der Waals surface area contributed by atoms with Gasteiger partial charge in [-0.05, 0) is 44.2 Å². The van der Waals surface area contributed by atoms with Crippen molar-refractivity contribution in [3.8, 4) is 0 Å². The molecule has 0 heterocycles. The molecule has 1 N–H and O–H groups in total. The Balaban J connectivity index is 2.07. The second kappa shape index (κ2) is 6.67. The highest BCUT2D eigenvalue weighted by Crippen LogP contribution is 2.36. The van der Waals surface area contributed by atoms with Crippen molar-refractivity contribution < 1.29 is 0 Å². The normalized spacial score (nSPS) is 19.6. The monoisotopic (exact) mass is 319 g/mol. The second-order valence-corrected chi connectivity index (χ2v) is 6.65. The first-order chi connectivity index (χ1) is 9.00. The Hall–Kier alpha value is 0.0500. The van der Waals surface area contributed by atoms with Gasteiger partial charge in [-0.1, -0.05) is 53.7 Å². The van der Waals surface area contributed by atoms with Crippen LogP contribution in [-0.4, -0.2) is 6.04 Å². The van der Waals surface area contributed by atoms with E-state index in [1.165, 1.54) is 25.7 Å². The van der Waals surface area contributed by atoms with Gasteiger partial charge in [0.2, 0.25) is 0 Å². The summed E-state index contributed by atoms with van der Waals surface area (Å²) < 4.78 is 0. The molecule has 0 radical (unpaired) electrons. The lowest BCUT2D eigenvalue weighted by atomic mass is 9.98. The first-order valence-electron chi connectivity index (χ1n) is 6.90. The smallest absolute Gasteiger partial charge is 0.0781 e. The van der Waals surface area contributed by atoms with Crippen molar-refractivity contribution in [2.45, 2.75) is 51.6 Å². The summed E-state index contributed by atoms with van der Waals surface area (Å²) >= 11 is 18.3. The number of hydrogen-bond donors (Lipinski definition) is 1. The highest BCUT2D eigenvalue weighted by Gasteiger charge is 2.23. The van der Waals surface area contributed by atoms with Crippen molar-refractivity contribution in [2.24, 2.45) is 5.92 Å². The number of hydrogen-bond acceptors (Lipinski definition) is 1. The van der Waals surface area contributed by atoms with Gasteiger partial charge in [0.15, 0.2) is 0 Å². The highest BCUT2D eigenvalue weighted by molar-refractivity contribution is 6.48. The minimum atomic E-state index is 0.179. The van der Waals surface area contributed by atoms with Crippen LogP contribution in [0.2, 0.25) is 15.1 Å². The topological polar surface area (TPSA) is 12.0 Å². The molecule has 2 atom stereocenters. The molecule has 0 saturated heterocycles. The zero-order chi connectivity index (χ0) is 14.0. The Morgan fingerprint density at radius 1 is 1.05 bits per heavy atom. The zero-order valence-corrected chi connectivity index (χ0v) is 13.6. The van der Waals surface area contributed by atoms with Crippen LogP contribution in [0.25, 0.3) is 0 Å². The van der Waals surface area contributed by atoms with Crippen LogP contribution in [0.3, 0.4) is 0 Å². The summed E-state index contributed by atoms with van der Waals surface area (Å²) in [6.07, 6.45) is 5.38. The van der Waals surface area contributed by atoms with E-state index in [1.807, 2.05) is 12.1 Å². The molecule has 19 heavy (non-hydrogen) atoms. The average molecular weight is 321 g/mol. The van der Waals surface area contributed by atoms with E-state index in [0.717, 1.165) is 11.5 Å². The van der Waals surface area contributed by atoms with Crippen LogP contribution >= 0.6 is 34.8 Å². The quantitative estimate of drug-likeness (QED) is 0.683. The lowest BCUT2D eigenvalue weighted by molar-refractivity contribution is 0.352. The molecule has 1 aromatic carbocycles. The van der Waals surface area contributed by atoms with E-state index < -0.39 is 0 Å². The van der Waals surface area contributed by atoms with E-state index >= 15 is 0 Å². The predicted octanol–water partition coefficient (Wildman–Crippen LogP) is 5.88. The fraction of sp³-hybridized carbons (Fsp3) is 0.600. The Labute approximate surface area is 130 Å². The molecule has 1 fully saturated rings. The Bertz CT molecular complexity index is 441. The fourth-order valence-electron chi connectivity index (χ4n) is 2.95. The molecule has 1 unspecified atom stereocenters. The maximum Gasteiger partial charge on any atom is 0.0781 e. The van der Waals surface area contributed by atoms with Gasteiger partial charge in [-0.15, -0.1) is 0 Å². The number of halogens is 3. The van der Waals surface area contributed by atoms with Crippen molar-refractivity contribution in [2.75, 3.05) is 0 Å². The van der Waals surface area contributed by atoms with Crippen LogP contribution in [0, 0.1) is 5.92 Å². The van der Waals surface area contributed by atoms with E-state index in [2.05, 4.69) is 19.2 Å². The van der Waals surface area contributed by atoms with Gasteiger partial charge in [-0.2, -0.15) is 0 Å². The summed E-state index contributed by atoms with van der Waals surface area (Å²) in [4.78, 5) is 0. The average Bonchev–Trinajstić information content (AvgIpc) is 2.89. The summed E-state index contributed by atoms with van der Waals surface area (Å²) in [5, 5.41) is 5.16. The molecule has 1 aromatic rings. The largest absolute Gasteiger partial charge is 0.307 e. The van der Waals surface area contributed by atoms with Gasteiger partial charge in [-0.25, -0.2) is 0 Å². The molecule has 0 spiro atoms. The van der Waals surface area contributed by atoms with Crippen molar-refractivity contribution in [1.82, 2.24) is 5.32 Å². The molecule has 1 saturated carbocycles. The van der Waals surface area contributed by atoms with Gasteiger partial charge in [0, 0.05) is 12.1 Å². The molecule has 0 aromatic heterocycles. The third kappa shape index (κ3) is 3.58. The van der Waals surface area contributed by atoms with E-state index in [4.69, 9.17) is 34.8 Å². The third-order valence-electron chi connectivity index (χ3n) is 4.15. The summed E-state index contributed by atoms with van der Waals surface area (Å²) in [5.41, 5.74) is 1.01. The minimum absolute atomic E-state index is 0.179. The second-order valence-electron chi connectivity index (χ2n) is 5.49. The fourth-order valence-corrected chi connectivity index (χ4v) is 3.66. The van der Waals surface area contributed by atoms with Gasteiger partial charge >= 0.3 is 0 Å². The van der Waals surface area contributed by atoms with E-state index in [1.54, 1.807) is 0 Å². The van der Waals surface area contributed by atoms with Crippen LogP contribution in [0.5, 0.6) is 0 Å². The molecule has 106 valence electrons. The van der Waals surface area contributed by atoms with E-state index in [9.17, 15) is 0 Å². The van der Waals surface area contributed by atoms with Crippen LogP contribution in [0.15, 0.2) is 12.1 Å². The summed E-state index contributed by atoms with van der Waals surface area (Å²) in [7, 11) is 0. The van der Waals surface area contributed by atoms with Crippen molar-refractivity contribution in [3.63, 3.8) is 0 Å². The zero-order valence-electron chi connectivity index (χ0n) is 11.3. The number of benzene rings is 1. The van der Waals surface area contributed by atoms with Crippen LogP contribution < -0.4 is 5.32 Å². The maximum absolute atomic E-state index is 6.28. The molecule has 1 aliphatic rings. The van der Waals surface area contributed by atoms with Gasteiger partial charge < -0.3 is 5.32 Å². The highest BCUT2D eigenvalue weighted by atomic mass is 35.5. The molecule has 2 rings (SSSR count). The first-order valence-corrected chi connectivity index (χ1v) is 8.03. The molecular formula is C15H20Cl3N. The Morgan fingerprint density at radius 2 is 1.68 bits per heavy atom. The number of nitrogens with one attached hydrogen (secondary N) is 1.